The molecule has 3 atom stereocenters. The maximum atomic E-state index is 13.3. The first-order valence-electron chi connectivity index (χ1n) is 8.10. The second-order valence-corrected chi connectivity index (χ2v) is 6.91. The van der Waals surface area contributed by atoms with Crippen molar-refractivity contribution in [1.82, 2.24) is 9.80 Å². The van der Waals surface area contributed by atoms with Crippen molar-refractivity contribution >= 4 is 5.91 Å². The number of hydrogen-bond acceptors (Lipinski definition) is 2. The highest BCUT2D eigenvalue weighted by Crippen LogP contribution is 2.22. The molecule has 1 aliphatic heterocycles. The number of piperidine rings is 1. The van der Waals surface area contributed by atoms with Crippen molar-refractivity contribution in [2.24, 2.45) is 11.8 Å². The standard InChI is InChI=1S/C18H27FN2O/c1-13-8-14(2)11-21(10-13)18(22)15(3)20(4)12-16-6-5-7-17(19)9-16/h5-7,9,13-15H,8,10-12H2,1-4H3. The number of hydrogen-bond donors (Lipinski definition) is 0. The van der Waals surface area contributed by atoms with Gasteiger partial charge in [0, 0.05) is 19.6 Å². The monoisotopic (exact) mass is 306 g/mol. The zero-order chi connectivity index (χ0) is 16.3. The van der Waals surface area contributed by atoms with Crippen molar-refractivity contribution < 1.29 is 9.18 Å². The molecule has 0 N–H and O–H groups in total. The Labute approximate surface area is 133 Å². The van der Waals surface area contributed by atoms with Crippen molar-refractivity contribution in [2.75, 3.05) is 20.1 Å². The summed E-state index contributed by atoms with van der Waals surface area (Å²) in [7, 11) is 1.92. The summed E-state index contributed by atoms with van der Waals surface area (Å²) in [4.78, 5) is 16.7. The molecule has 4 heteroatoms. The van der Waals surface area contributed by atoms with Gasteiger partial charge in [-0.1, -0.05) is 26.0 Å². The maximum absolute atomic E-state index is 13.3. The summed E-state index contributed by atoms with van der Waals surface area (Å²) >= 11 is 0. The van der Waals surface area contributed by atoms with Crippen LogP contribution >= 0.6 is 0 Å². The molecule has 0 bridgehead atoms. The minimum absolute atomic E-state index is 0.178. The lowest BCUT2D eigenvalue weighted by atomic mass is 9.91. The molecule has 0 radical (unpaired) electrons. The van der Waals surface area contributed by atoms with Crippen LogP contribution in [0.2, 0.25) is 0 Å². The molecule has 1 aliphatic rings. The first-order chi connectivity index (χ1) is 10.4. The zero-order valence-corrected chi connectivity index (χ0v) is 14.1. The topological polar surface area (TPSA) is 23.6 Å². The van der Waals surface area contributed by atoms with E-state index >= 15 is 0 Å². The molecule has 0 spiro atoms. The molecule has 0 aromatic heterocycles. The normalized spacial score (nSPS) is 23.6. The van der Waals surface area contributed by atoms with Gasteiger partial charge < -0.3 is 4.90 Å². The van der Waals surface area contributed by atoms with Crippen molar-refractivity contribution in [3.63, 3.8) is 0 Å². The summed E-state index contributed by atoms with van der Waals surface area (Å²) in [5.74, 6) is 1.07. The summed E-state index contributed by atoms with van der Waals surface area (Å²) in [6.07, 6.45) is 1.19. The van der Waals surface area contributed by atoms with Gasteiger partial charge in [0.15, 0.2) is 0 Å². The van der Waals surface area contributed by atoms with Crippen LogP contribution in [0.25, 0.3) is 0 Å². The second-order valence-electron chi connectivity index (χ2n) is 6.91. The SMILES string of the molecule is CC1CC(C)CN(C(=O)C(C)N(C)Cc2cccc(F)c2)C1. The number of amides is 1. The van der Waals surface area contributed by atoms with E-state index in [9.17, 15) is 9.18 Å². The van der Waals surface area contributed by atoms with Crippen molar-refractivity contribution in [3.8, 4) is 0 Å². The highest BCUT2D eigenvalue weighted by Gasteiger charge is 2.29. The van der Waals surface area contributed by atoms with E-state index in [0.29, 0.717) is 18.4 Å². The summed E-state index contributed by atoms with van der Waals surface area (Å²) in [6, 6.07) is 6.37. The third kappa shape index (κ3) is 4.29. The summed E-state index contributed by atoms with van der Waals surface area (Å²) in [5, 5.41) is 0. The Bertz CT molecular complexity index is 510. The Hall–Kier alpha value is -1.42. The zero-order valence-electron chi connectivity index (χ0n) is 14.1. The molecule has 2 rings (SSSR count). The number of nitrogens with zero attached hydrogens (tertiary/aromatic N) is 2. The lowest BCUT2D eigenvalue weighted by molar-refractivity contribution is -0.138. The molecule has 1 heterocycles. The Balaban J connectivity index is 1.97. The fraction of sp³-hybridized carbons (Fsp3) is 0.611. The Kier molecular flexibility index (Phi) is 5.57. The number of rotatable bonds is 4. The fourth-order valence-electron chi connectivity index (χ4n) is 3.36. The summed E-state index contributed by atoms with van der Waals surface area (Å²) in [6.45, 7) is 8.62. The first kappa shape index (κ1) is 16.9. The van der Waals surface area contributed by atoms with Crippen LogP contribution in [-0.2, 0) is 11.3 Å². The van der Waals surface area contributed by atoms with Crippen molar-refractivity contribution in [2.45, 2.75) is 39.8 Å². The molecular formula is C18H27FN2O. The first-order valence-corrected chi connectivity index (χ1v) is 8.10. The Morgan fingerprint density at radius 1 is 1.36 bits per heavy atom. The van der Waals surface area contributed by atoms with Gasteiger partial charge in [-0.3, -0.25) is 9.69 Å². The molecule has 122 valence electrons. The van der Waals surface area contributed by atoms with Gasteiger partial charge in [-0.05, 0) is 49.9 Å². The van der Waals surface area contributed by atoms with Gasteiger partial charge in [-0.15, -0.1) is 0 Å². The van der Waals surface area contributed by atoms with E-state index in [1.54, 1.807) is 6.07 Å². The Morgan fingerprint density at radius 3 is 2.59 bits per heavy atom. The van der Waals surface area contributed by atoms with Crippen LogP contribution in [0.15, 0.2) is 24.3 Å². The number of likely N-dealkylation sites (N-methyl/N-ethyl adjacent to an activating group) is 1. The largest absolute Gasteiger partial charge is 0.341 e. The molecule has 1 amide bonds. The van der Waals surface area contributed by atoms with Gasteiger partial charge in [0.2, 0.25) is 5.91 Å². The highest BCUT2D eigenvalue weighted by atomic mass is 19.1. The van der Waals surface area contributed by atoms with Crippen LogP contribution in [0.5, 0.6) is 0 Å². The smallest absolute Gasteiger partial charge is 0.239 e. The number of benzene rings is 1. The van der Waals surface area contributed by atoms with E-state index in [2.05, 4.69) is 13.8 Å². The Morgan fingerprint density at radius 2 is 2.00 bits per heavy atom. The molecule has 3 nitrogen and oxygen atoms in total. The molecule has 1 saturated heterocycles. The van der Waals surface area contributed by atoms with Crippen molar-refractivity contribution in [3.05, 3.63) is 35.6 Å². The molecule has 22 heavy (non-hydrogen) atoms. The van der Waals surface area contributed by atoms with Crippen LogP contribution in [0, 0.1) is 17.7 Å². The van der Waals surface area contributed by atoms with E-state index in [4.69, 9.17) is 0 Å². The molecular weight excluding hydrogens is 279 g/mol. The van der Waals surface area contributed by atoms with Gasteiger partial charge in [0.05, 0.1) is 6.04 Å². The molecule has 1 aromatic rings. The quantitative estimate of drug-likeness (QED) is 0.853. The molecule has 1 aromatic carbocycles. The van der Waals surface area contributed by atoms with Crippen LogP contribution in [0.1, 0.15) is 32.8 Å². The lowest BCUT2D eigenvalue weighted by Crippen LogP contribution is -2.50. The van der Waals surface area contributed by atoms with Gasteiger partial charge in [-0.25, -0.2) is 4.39 Å². The van der Waals surface area contributed by atoms with E-state index in [1.165, 1.54) is 18.6 Å². The number of carbonyl (C=O) groups excluding carboxylic acids is 1. The maximum Gasteiger partial charge on any atom is 0.239 e. The van der Waals surface area contributed by atoms with Crippen LogP contribution in [0.4, 0.5) is 4.39 Å². The minimum atomic E-state index is -0.233. The molecule has 3 unspecified atom stereocenters. The number of halogens is 1. The molecule has 0 aliphatic carbocycles. The van der Waals surface area contributed by atoms with Gasteiger partial charge >= 0.3 is 0 Å². The summed E-state index contributed by atoms with van der Waals surface area (Å²) < 4.78 is 13.3. The van der Waals surface area contributed by atoms with E-state index in [1.807, 2.05) is 29.8 Å². The van der Waals surface area contributed by atoms with Crippen LogP contribution < -0.4 is 0 Å². The van der Waals surface area contributed by atoms with E-state index in [0.717, 1.165) is 18.7 Å². The highest BCUT2D eigenvalue weighted by molar-refractivity contribution is 5.81. The predicted octanol–water partition coefficient (Wildman–Crippen LogP) is 3.15. The van der Waals surface area contributed by atoms with Crippen LogP contribution in [0.3, 0.4) is 0 Å². The van der Waals surface area contributed by atoms with Gasteiger partial charge in [0.25, 0.3) is 0 Å². The average Bonchev–Trinajstić information content (AvgIpc) is 2.44. The van der Waals surface area contributed by atoms with Crippen LogP contribution in [-0.4, -0.2) is 41.9 Å². The van der Waals surface area contributed by atoms with Gasteiger partial charge in [-0.2, -0.15) is 0 Å². The molecule has 1 fully saturated rings. The third-order valence-corrected chi connectivity index (χ3v) is 4.52. The number of carbonyl (C=O) groups is 1. The van der Waals surface area contributed by atoms with Crippen molar-refractivity contribution in [1.29, 1.82) is 0 Å². The number of likely N-dealkylation sites (tertiary alicyclic amines) is 1. The second kappa shape index (κ2) is 7.23. The summed E-state index contributed by atoms with van der Waals surface area (Å²) in [5.41, 5.74) is 0.891. The lowest BCUT2D eigenvalue weighted by Gasteiger charge is -2.38. The third-order valence-electron chi connectivity index (χ3n) is 4.52. The fourth-order valence-corrected chi connectivity index (χ4v) is 3.36. The predicted molar refractivity (Wildman–Crippen MR) is 86.9 cm³/mol. The average molecular weight is 306 g/mol. The van der Waals surface area contributed by atoms with E-state index in [-0.39, 0.29) is 17.8 Å². The minimum Gasteiger partial charge on any atom is -0.341 e. The van der Waals surface area contributed by atoms with E-state index < -0.39 is 0 Å². The molecule has 0 saturated carbocycles. The van der Waals surface area contributed by atoms with Gasteiger partial charge in [0.1, 0.15) is 5.82 Å².